The fourth-order valence-corrected chi connectivity index (χ4v) is 2.53. The zero-order valence-electron chi connectivity index (χ0n) is 9.34. The van der Waals surface area contributed by atoms with Gasteiger partial charge >= 0.3 is 0 Å². The van der Waals surface area contributed by atoms with Crippen molar-refractivity contribution in [3.8, 4) is 0 Å². The molecule has 0 radical (unpaired) electrons. The lowest BCUT2D eigenvalue weighted by molar-refractivity contribution is -0.124. The van der Waals surface area contributed by atoms with E-state index in [1.807, 2.05) is 0 Å². The molecule has 13 heavy (non-hydrogen) atoms. The molecule has 0 aliphatic heterocycles. The molecule has 1 aliphatic carbocycles. The Morgan fingerprint density at radius 2 is 1.92 bits per heavy atom. The van der Waals surface area contributed by atoms with E-state index in [0.29, 0.717) is 17.6 Å². The van der Waals surface area contributed by atoms with Gasteiger partial charge in [-0.1, -0.05) is 20.8 Å². The molecule has 0 heterocycles. The Morgan fingerprint density at radius 1 is 1.31 bits per heavy atom. The van der Waals surface area contributed by atoms with Gasteiger partial charge in [-0.2, -0.15) is 0 Å². The molecule has 0 N–H and O–H groups in total. The second-order valence-electron chi connectivity index (χ2n) is 5.01. The number of Topliss-reactive ketones (excluding diaryl/α,β-unsaturated/α-hetero) is 1. The average Bonchev–Trinajstić information content (AvgIpc) is 2.04. The monoisotopic (exact) mass is 182 g/mol. The van der Waals surface area contributed by atoms with Crippen LogP contribution < -0.4 is 0 Å². The SMILES string of the molecule is CC(=O)[C@@H]1C[C@@H](C(C)C)CC[C@H]1C. The van der Waals surface area contributed by atoms with Gasteiger partial charge in [0.15, 0.2) is 0 Å². The van der Waals surface area contributed by atoms with Crippen molar-refractivity contribution in [3.05, 3.63) is 0 Å². The Morgan fingerprint density at radius 3 is 2.38 bits per heavy atom. The Bertz CT molecular complexity index is 184. The molecule has 0 aromatic heterocycles. The number of hydrogen-bond acceptors (Lipinski definition) is 1. The van der Waals surface area contributed by atoms with Crippen LogP contribution in [0.15, 0.2) is 0 Å². The van der Waals surface area contributed by atoms with Crippen LogP contribution in [0.2, 0.25) is 0 Å². The van der Waals surface area contributed by atoms with Gasteiger partial charge in [0.1, 0.15) is 5.78 Å². The quantitative estimate of drug-likeness (QED) is 0.640. The van der Waals surface area contributed by atoms with E-state index in [-0.39, 0.29) is 0 Å². The van der Waals surface area contributed by atoms with Crippen LogP contribution in [0.1, 0.15) is 47.0 Å². The third kappa shape index (κ3) is 2.55. The lowest BCUT2D eigenvalue weighted by atomic mass is 9.70. The van der Waals surface area contributed by atoms with Crippen molar-refractivity contribution in [1.82, 2.24) is 0 Å². The van der Waals surface area contributed by atoms with Crippen LogP contribution in [-0.2, 0) is 4.79 Å². The van der Waals surface area contributed by atoms with Gasteiger partial charge in [0, 0.05) is 5.92 Å². The van der Waals surface area contributed by atoms with Gasteiger partial charge in [-0.3, -0.25) is 4.79 Å². The van der Waals surface area contributed by atoms with Crippen LogP contribution >= 0.6 is 0 Å². The van der Waals surface area contributed by atoms with E-state index in [1.165, 1.54) is 12.8 Å². The number of hydrogen-bond donors (Lipinski definition) is 0. The van der Waals surface area contributed by atoms with Crippen LogP contribution in [-0.4, -0.2) is 5.78 Å². The molecule has 76 valence electrons. The minimum absolute atomic E-state index is 0.348. The fourth-order valence-electron chi connectivity index (χ4n) is 2.53. The topological polar surface area (TPSA) is 17.1 Å². The molecule has 0 bridgehead atoms. The highest BCUT2D eigenvalue weighted by atomic mass is 16.1. The third-order valence-electron chi connectivity index (χ3n) is 3.70. The summed E-state index contributed by atoms with van der Waals surface area (Å²) in [4.78, 5) is 11.4. The maximum absolute atomic E-state index is 11.4. The third-order valence-corrected chi connectivity index (χ3v) is 3.70. The van der Waals surface area contributed by atoms with E-state index in [2.05, 4.69) is 20.8 Å². The summed E-state index contributed by atoms with van der Waals surface area (Å²) in [5, 5.41) is 0. The normalized spacial score (nSPS) is 35.0. The van der Waals surface area contributed by atoms with E-state index in [1.54, 1.807) is 6.92 Å². The summed E-state index contributed by atoms with van der Waals surface area (Å²) in [5.41, 5.74) is 0. The van der Waals surface area contributed by atoms with Crippen LogP contribution in [0.25, 0.3) is 0 Å². The smallest absolute Gasteiger partial charge is 0.133 e. The summed E-state index contributed by atoms with van der Waals surface area (Å²) in [6.45, 7) is 8.53. The number of carbonyl (C=O) groups is 1. The van der Waals surface area contributed by atoms with Gasteiger partial charge < -0.3 is 0 Å². The average molecular weight is 182 g/mol. The molecule has 0 saturated heterocycles. The maximum Gasteiger partial charge on any atom is 0.133 e. The Balaban J connectivity index is 2.58. The molecule has 1 nitrogen and oxygen atoms in total. The molecule has 0 aromatic rings. The number of rotatable bonds is 2. The predicted octanol–water partition coefficient (Wildman–Crippen LogP) is 3.28. The second kappa shape index (κ2) is 4.26. The lowest BCUT2D eigenvalue weighted by Crippen LogP contribution is -2.30. The largest absolute Gasteiger partial charge is 0.300 e. The first-order valence-corrected chi connectivity index (χ1v) is 5.52. The molecule has 1 rings (SSSR count). The number of carbonyl (C=O) groups excluding carboxylic acids is 1. The van der Waals surface area contributed by atoms with E-state index in [4.69, 9.17) is 0 Å². The van der Waals surface area contributed by atoms with Crippen molar-refractivity contribution in [3.63, 3.8) is 0 Å². The summed E-state index contributed by atoms with van der Waals surface area (Å²) < 4.78 is 0. The second-order valence-corrected chi connectivity index (χ2v) is 5.01. The molecule has 1 fully saturated rings. The minimum atomic E-state index is 0.348. The van der Waals surface area contributed by atoms with E-state index in [9.17, 15) is 4.79 Å². The first-order chi connectivity index (χ1) is 6.02. The van der Waals surface area contributed by atoms with Gasteiger partial charge in [0.2, 0.25) is 0 Å². The first kappa shape index (κ1) is 10.7. The van der Waals surface area contributed by atoms with Gasteiger partial charge in [-0.05, 0) is 43.9 Å². The van der Waals surface area contributed by atoms with Crippen LogP contribution in [0, 0.1) is 23.7 Å². The van der Waals surface area contributed by atoms with E-state index in [0.717, 1.165) is 18.3 Å². The Kier molecular flexibility index (Phi) is 3.52. The summed E-state index contributed by atoms with van der Waals surface area (Å²) >= 11 is 0. The Hall–Kier alpha value is -0.330. The maximum atomic E-state index is 11.4. The van der Waals surface area contributed by atoms with Gasteiger partial charge in [0.05, 0.1) is 0 Å². The molecule has 3 atom stereocenters. The molecular formula is C12H22O. The molecule has 0 unspecified atom stereocenters. The van der Waals surface area contributed by atoms with Gasteiger partial charge in [-0.15, -0.1) is 0 Å². The number of ketones is 1. The van der Waals surface area contributed by atoms with E-state index < -0.39 is 0 Å². The molecule has 0 aromatic carbocycles. The fraction of sp³-hybridized carbons (Fsp3) is 0.917. The van der Waals surface area contributed by atoms with Crippen molar-refractivity contribution in [1.29, 1.82) is 0 Å². The molecule has 1 heteroatoms. The predicted molar refractivity (Wildman–Crippen MR) is 55.5 cm³/mol. The van der Waals surface area contributed by atoms with Crippen molar-refractivity contribution in [2.75, 3.05) is 0 Å². The van der Waals surface area contributed by atoms with Crippen LogP contribution in [0.4, 0.5) is 0 Å². The van der Waals surface area contributed by atoms with Gasteiger partial charge in [0.25, 0.3) is 0 Å². The summed E-state index contributed by atoms with van der Waals surface area (Å²) in [6, 6.07) is 0. The highest BCUT2D eigenvalue weighted by molar-refractivity contribution is 5.78. The highest BCUT2D eigenvalue weighted by Crippen LogP contribution is 2.37. The van der Waals surface area contributed by atoms with Crippen molar-refractivity contribution in [2.24, 2.45) is 23.7 Å². The first-order valence-electron chi connectivity index (χ1n) is 5.52. The molecular weight excluding hydrogens is 160 g/mol. The Labute approximate surface area is 81.9 Å². The standard InChI is InChI=1S/C12H22O/c1-8(2)11-6-5-9(3)12(7-11)10(4)13/h8-9,11-12H,5-7H2,1-4H3/t9-,11+,12-/m1/s1. The van der Waals surface area contributed by atoms with Crippen LogP contribution in [0.3, 0.4) is 0 Å². The molecule has 0 spiro atoms. The lowest BCUT2D eigenvalue weighted by Gasteiger charge is -2.34. The van der Waals surface area contributed by atoms with Crippen molar-refractivity contribution >= 4 is 5.78 Å². The summed E-state index contributed by atoms with van der Waals surface area (Å²) in [7, 11) is 0. The summed E-state index contributed by atoms with van der Waals surface area (Å²) in [5.74, 6) is 2.89. The van der Waals surface area contributed by atoms with Crippen molar-refractivity contribution in [2.45, 2.75) is 47.0 Å². The minimum Gasteiger partial charge on any atom is -0.300 e. The zero-order valence-corrected chi connectivity index (χ0v) is 9.34. The molecule has 1 aliphatic rings. The highest BCUT2D eigenvalue weighted by Gasteiger charge is 2.31. The zero-order chi connectivity index (χ0) is 10.0. The molecule has 1 saturated carbocycles. The molecule has 0 amide bonds. The summed E-state index contributed by atoms with van der Waals surface area (Å²) in [6.07, 6.45) is 3.70. The van der Waals surface area contributed by atoms with Crippen LogP contribution in [0.5, 0.6) is 0 Å². The van der Waals surface area contributed by atoms with E-state index >= 15 is 0 Å². The van der Waals surface area contributed by atoms with Gasteiger partial charge in [-0.25, -0.2) is 0 Å². The van der Waals surface area contributed by atoms with Crippen molar-refractivity contribution < 1.29 is 4.79 Å².